The Bertz CT molecular complexity index is 1210. The lowest BCUT2D eigenvalue weighted by Crippen LogP contribution is -2.54. The lowest BCUT2D eigenvalue weighted by Gasteiger charge is -2.34. The van der Waals surface area contributed by atoms with Crippen molar-refractivity contribution < 1.29 is 9.59 Å². The normalized spacial score (nSPS) is 12.6. The van der Waals surface area contributed by atoms with Gasteiger partial charge in [0.2, 0.25) is 11.8 Å². The van der Waals surface area contributed by atoms with Crippen LogP contribution in [0.25, 0.3) is 0 Å². The van der Waals surface area contributed by atoms with Gasteiger partial charge in [-0.15, -0.1) is 0 Å². The highest BCUT2D eigenvalue weighted by Gasteiger charge is 2.32. The molecule has 3 rings (SSSR count). The number of amides is 2. The van der Waals surface area contributed by atoms with Crippen molar-refractivity contribution in [2.24, 2.45) is 0 Å². The van der Waals surface area contributed by atoms with Crippen LogP contribution in [0.1, 0.15) is 70.2 Å². The summed E-state index contributed by atoms with van der Waals surface area (Å²) in [4.78, 5) is 29.2. The van der Waals surface area contributed by atoms with Gasteiger partial charge in [0.05, 0.1) is 0 Å². The Balaban J connectivity index is 1.90. The van der Waals surface area contributed by atoms with Gasteiger partial charge in [-0.05, 0) is 67.0 Å². The molecule has 1 N–H and O–H groups in total. The van der Waals surface area contributed by atoms with Crippen molar-refractivity contribution in [3.8, 4) is 0 Å². The summed E-state index contributed by atoms with van der Waals surface area (Å²) in [6, 6.07) is 25.2. The average Bonchev–Trinajstić information content (AvgIpc) is 2.84. The van der Waals surface area contributed by atoms with Gasteiger partial charge in [-0.3, -0.25) is 9.59 Å². The average molecular weight is 533 g/mol. The number of nitrogens with one attached hydrogen (secondary N) is 1. The van der Waals surface area contributed by atoms with Gasteiger partial charge in [-0.1, -0.05) is 99.1 Å². The second-order valence-electron chi connectivity index (χ2n) is 12.0. The molecule has 38 heavy (non-hydrogen) atoms. The van der Waals surface area contributed by atoms with Crippen molar-refractivity contribution in [1.29, 1.82) is 0 Å². The Morgan fingerprint density at radius 1 is 0.816 bits per heavy atom. The monoisotopic (exact) mass is 532 g/mol. The lowest BCUT2D eigenvalue weighted by molar-refractivity contribution is -0.141. The third-order valence-corrected chi connectivity index (χ3v) is 6.69. The Kier molecular flexibility index (Phi) is 9.78. The van der Waals surface area contributed by atoms with Crippen molar-refractivity contribution in [2.75, 3.05) is 0 Å². The number of hydrogen-bond donors (Lipinski definition) is 1. The quantitative estimate of drug-likeness (QED) is 0.319. The Morgan fingerprint density at radius 3 is 2.03 bits per heavy atom. The van der Waals surface area contributed by atoms with Gasteiger partial charge in [0.1, 0.15) is 6.04 Å². The summed E-state index contributed by atoms with van der Waals surface area (Å²) >= 11 is 6.27. The fourth-order valence-corrected chi connectivity index (χ4v) is 4.62. The van der Waals surface area contributed by atoms with E-state index in [4.69, 9.17) is 11.6 Å². The first-order valence-electron chi connectivity index (χ1n) is 13.3. The van der Waals surface area contributed by atoms with Crippen LogP contribution in [-0.4, -0.2) is 28.3 Å². The van der Waals surface area contributed by atoms with Gasteiger partial charge in [0.15, 0.2) is 0 Å². The Hall–Kier alpha value is -3.11. The maximum absolute atomic E-state index is 13.8. The van der Waals surface area contributed by atoms with E-state index in [1.54, 1.807) is 4.90 Å². The largest absolute Gasteiger partial charge is 0.350 e. The second kappa shape index (κ2) is 12.6. The van der Waals surface area contributed by atoms with Crippen LogP contribution < -0.4 is 5.32 Å². The minimum absolute atomic E-state index is 0.0603. The molecule has 0 aliphatic heterocycles. The van der Waals surface area contributed by atoms with Crippen molar-refractivity contribution in [2.45, 2.75) is 84.3 Å². The van der Waals surface area contributed by atoms with E-state index in [1.807, 2.05) is 75.4 Å². The van der Waals surface area contributed by atoms with Gasteiger partial charge < -0.3 is 10.2 Å². The van der Waals surface area contributed by atoms with Gasteiger partial charge >= 0.3 is 0 Å². The summed E-state index contributed by atoms with van der Waals surface area (Å²) in [6.45, 7) is 12.7. The smallest absolute Gasteiger partial charge is 0.243 e. The molecule has 3 aromatic rings. The molecule has 1 atom stereocenters. The van der Waals surface area contributed by atoms with E-state index in [0.29, 0.717) is 30.8 Å². The number of carbonyl (C=O) groups is 2. The molecule has 0 spiro atoms. The van der Waals surface area contributed by atoms with E-state index >= 15 is 0 Å². The lowest BCUT2D eigenvalue weighted by atomic mass is 9.86. The molecule has 3 aromatic carbocycles. The van der Waals surface area contributed by atoms with Gasteiger partial charge in [-0.25, -0.2) is 0 Å². The molecule has 2 amide bonds. The summed E-state index contributed by atoms with van der Waals surface area (Å²) < 4.78 is 0. The number of benzene rings is 3. The van der Waals surface area contributed by atoms with Crippen LogP contribution in [-0.2, 0) is 34.4 Å². The molecule has 0 saturated heterocycles. The summed E-state index contributed by atoms with van der Waals surface area (Å²) in [5.41, 5.74) is 3.91. The molecule has 5 heteroatoms. The second-order valence-corrected chi connectivity index (χ2v) is 12.5. The molecule has 0 aliphatic rings. The highest BCUT2D eigenvalue weighted by atomic mass is 35.5. The SMILES string of the molecule is CC(C)(C)NC(=O)C(Cc1ccccc1)N(Cc1cccc(Cl)c1)C(=O)CCc1ccc(C(C)(C)C)cc1. The molecule has 0 heterocycles. The molecule has 0 radical (unpaired) electrons. The van der Waals surface area contributed by atoms with Gasteiger partial charge in [-0.2, -0.15) is 0 Å². The molecule has 0 fully saturated rings. The zero-order chi connectivity index (χ0) is 27.9. The number of carbonyl (C=O) groups excluding carboxylic acids is 2. The number of aryl methyl sites for hydroxylation is 1. The molecule has 0 aromatic heterocycles. The summed E-state index contributed by atoms with van der Waals surface area (Å²) in [7, 11) is 0. The summed E-state index contributed by atoms with van der Waals surface area (Å²) in [6.07, 6.45) is 1.34. The standard InChI is InChI=1S/C33H41ClN2O2/c1-32(2,3)27-18-15-24(16-19-27)17-20-30(37)36(23-26-13-10-14-28(34)21-26)29(31(38)35-33(4,5)6)22-25-11-8-7-9-12-25/h7-16,18-19,21,29H,17,20,22-23H2,1-6H3,(H,35,38). The third-order valence-electron chi connectivity index (χ3n) is 6.46. The number of nitrogens with zero attached hydrogens (tertiary/aromatic N) is 1. The third kappa shape index (κ3) is 9.02. The van der Waals surface area contributed by atoms with E-state index in [-0.39, 0.29) is 17.2 Å². The van der Waals surface area contributed by atoms with Crippen LogP contribution in [0.15, 0.2) is 78.9 Å². The van der Waals surface area contributed by atoms with Crippen LogP contribution in [0.3, 0.4) is 0 Å². The van der Waals surface area contributed by atoms with Crippen LogP contribution >= 0.6 is 11.6 Å². The molecule has 202 valence electrons. The van der Waals surface area contributed by atoms with Gasteiger partial charge in [0, 0.05) is 29.9 Å². The van der Waals surface area contributed by atoms with E-state index in [9.17, 15) is 9.59 Å². The number of halogens is 1. The predicted molar refractivity (Wildman–Crippen MR) is 157 cm³/mol. The molecule has 1 unspecified atom stereocenters. The maximum Gasteiger partial charge on any atom is 0.243 e. The molecular weight excluding hydrogens is 492 g/mol. The summed E-state index contributed by atoms with van der Waals surface area (Å²) in [5, 5.41) is 3.71. The van der Waals surface area contributed by atoms with E-state index in [1.165, 1.54) is 5.56 Å². The zero-order valence-corrected chi connectivity index (χ0v) is 24.3. The van der Waals surface area contributed by atoms with E-state index in [2.05, 4.69) is 50.4 Å². The van der Waals surface area contributed by atoms with Crippen molar-refractivity contribution in [3.05, 3.63) is 106 Å². The number of rotatable bonds is 9. The van der Waals surface area contributed by atoms with Crippen molar-refractivity contribution in [1.82, 2.24) is 10.2 Å². The predicted octanol–water partition coefficient (Wildman–Crippen LogP) is 7.12. The molecule has 0 aliphatic carbocycles. The van der Waals surface area contributed by atoms with E-state index < -0.39 is 11.6 Å². The highest BCUT2D eigenvalue weighted by Crippen LogP contribution is 2.23. The highest BCUT2D eigenvalue weighted by molar-refractivity contribution is 6.30. The minimum atomic E-state index is -0.661. The van der Waals surface area contributed by atoms with E-state index in [0.717, 1.165) is 16.7 Å². The minimum Gasteiger partial charge on any atom is -0.350 e. The van der Waals surface area contributed by atoms with Crippen molar-refractivity contribution in [3.63, 3.8) is 0 Å². The zero-order valence-electron chi connectivity index (χ0n) is 23.6. The molecule has 0 bridgehead atoms. The van der Waals surface area contributed by atoms with Gasteiger partial charge in [0.25, 0.3) is 0 Å². The van der Waals surface area contributed by atoms with Crippen LogP contribution in [0.2, 0.25) is 5.02 Å². The fraction of sp³-hybridized carbons (Fsp3) is 0.394. The first-order valence-corrected chi connectivity index (χ1v) is 13.7. The Morgan fingerprint density at radius 2 is 1.45 bits per heavy atom. The number of hydrogen-bond acceptors (Lipinski definition) is 2. The summed E-state index contributed by atoms with van der Waals surface area (Å²) in [5.74, 6) is -0.221. The maximum atomic E-state index is 13.8. The molecule has 4 nitrogen and oxygen atoms in total. The first-order chi connectivity index (χ1) is 17.8. The molecule has 0 saturated carbocycles. The van der Waals surface area contributed by atoms with Crippen molar-refractivity contribution >= 4 is 23.4 Å². The van der Waals surface area contributed by atoms with Crippen LogP contribution in [0, 0.1) is 0 Å². The van der Waals surface area contributed by atoms with Crippen LogP contribution in [0.5, 0.6) is 0 Å². The Labute approximate surface area is 233 Å². The van der Waals surface area contributed by atoms with Crippen LogP contribution in [0.4, 0.5) is 0 Å². The first kappa shape index (κ1) is 29.4. The fourth-order valence-electron chi connectivity index (χ4n) is 4.41. The topological polar surface area (TPSA) is 49.4 Å². The molecular formula is C33H41ClN2O2.